The Bertz CT molecular complexity index is 356. The van der Waals surface area contributed by atoms with Gasteiger partial charge in [-0.1, -0.05) is 13.8 Å². The normalized spacial score (nSPS) is 19.7. The van der Waals surface area contributed by atoms with Crippen molar-refractivity contribution >= 4 is 23.8 Å². The molecule has 1 fully saturated rings. The van der Waals surface area contributed by atoms with Gasteiger partial charge < -0.3 is 15.3 Å². The van der Waals surface area contributed by atoms with Gasteiger partial charge in [-0.15, -0.1) is 0 Å². The summed E-state index contributed by atoms with van der Waals surface area (Å²) in [5.74, 6) is 0.0117. The molecule has 0 radical (unpaired) electrons. The molecule has 19 heavy (non-hydrogen) atoms. The van der Waals surface area contributed by atoms with Crippen molar-refractivity contribution < 1.29 is 14.7 Å². The fraction of sp³-hybridized carbons (Fsp3) is 0.846. The van der Waals surface area contributed by atoms with Crippen molar-refractivity contribution in [2.24, 2.45) is 0 Å². The van der Waals surface area contributed by atoms with Gasteiger partial charge in [-0.25, -0.2) is 4.79 Å². The molecule has 1 aliphatic rings. The van der Waals surface area contributed by atoms with Gasteiger partial charge in [-0.05, 0) is 20.3 Å². The highest BCUT2D eigenvalue weighted by atomic mass is 32.2. The van der Waals surface area contributed by atoms with Gasteiger partial charge in [0.15, 0.2) is 0 Å². The smallest absolute Gasteiger partial charge is 0.317 e. The van der Waals surface area contributed by atoms with E-state index < -0.39 is 11.5 Å². The van der Waals surface area contributed by atoms with E-state index in [4.69, 9.17) is 5.11 Å². The van der Waals surface area contributed by atoms with Crippen molar-refractivity contribution in [3.63, 3.8) is 0 Å². The summed E-state index contributed by atoms with van der Waals surface area (Å²) >= 11 is 1.88. The molecule has 0 aromatic heterocycles. The number of carbonyl (C=O) groups excluding carboxylic acids is 1. The van der Waals surface area contributed by atoms with Gasteiger partial charge in [0.05, 0.1) is 6.42 Å². The Balaban J connectivity index is 2.56. The van der Waals surface area contributed by atoms with Crippen LogP contribution in [0.3, 0.4) is 0 Å². The van der Waals surface area contributed by atoms with Crippen molar-refractivity contribution in [1.29, 1.82) is 0 Å². The summed E-state index contributed by atoms with van der Waals surface area (Å²) in [5, 5.41) is 11.6. The zero-order valence-corrected chi connectivity index (χ0v) is 13.0. The standard InChI is InChI=1S/C13H24N2O3S/c1-12(2,9-10(16)17)14-11(18)15-6-5-13(3,4)19-8-7-15/h5-9H2,1-4H3,(H,14,18)(H,16,17). The molecule has 0 spiro atoms. The molecule has 0 unspecified atom stereocenters. The molecule has 1 rings (SSSR count). The van der Waals surface area contributed by atoms with Crippen LogP contribution in [0.5, 0.6) is 0 Å². The van der Waals surface area contributed by atoms with Gasteiger partial charge in [-0.3, -0.25) is 4.79 Å². The van der Waals surface area contributed by atoms with Crippen LogP contribution >= 0.6 is 11.8 Å². The van der Waals surface area contributed by atoms with Crippen LogP contribution in [0.15, 0.2) is 0 Å². The Morgan fingerprint density at radius 2 is 2.00 bits per heavy atom. The molecule has 5 nitrogen and oxygen atoms in total. The van der Waals surface area contributed by atoms with E-state index in [1.54, 1.807) is 18.7 Å². The molecule has 6 heteroatoms. The molecule has 0 aromatic carbocycles. The Hall–Kier alpha value is -0.910. The van der Waals surface area contributed by atoms with E-state index in [0.717, 1.165) is 18.7 Å². The van der Waals surface area contributed by atoms with Crippen molar-refractivity contribution in [2.75, 3.05) is 18.8 Å². The molecule has 0 aromatic rings. The molecule has 0 bridgehead atoms. The molecule has 1 saturated heterocycles. The van der Waals surface area contributed by atoms with Crippen molar-refractivity contribution in [3.05, 3.63) is 0 Å². The minimum Gasteiger partial charge on any atom is -0.481 e. The molecule has 1 heterocycles. The summed E-state index contributed by atoms with van der Waals surface area (Å²) in [6.45, 7) is 9.27. The summed E-state index contributed by atoms with van der Waals surface area (Å²) in [5.41, 5.74) is -0.724. The van der Waals surface area contributed by atoms with E-state index in [-0.39, 0.29) is 17.2 Å². The fourth-order valence-corrected chi connectivity index (χ4v) is 3.11. The maximum atomic E-state index is 12.2. The van der Waals surface area contributed by atoms with E-state index in [1.807, 2.05) is 11.8 Å². The number of carbonyl (C=O) groups is 2. The van der Waals surface area contributed by atoms with Crippen LogP contribution in [0.4, 0.5) is 4.79 Å². The SMILES string of the molecule is CC(C)(CC(=O)O)NC(=O)N1CCSC(C)(C)CC1. The zero-order valence-electron chi connectivity index (χ0n) is 12.2. The van der Waals surface area contributed by atoms with Crippen LogP contribution in [0.1, 0.15) is 40.5 Å². The first-order valence-corrected chi connectivity index (χ1v) is 7.53. The molecule has 0 atom stereocenters. The second kappa shape index (κ2) is 6.03. The third kappa shape index (κ3) is 5.72. The van der Waals surface area contributed by atoms with E-state index in [0.29, 0.717) is 6.54 Å². The number of hydrogen-bond donors (Lipinski definition) is 2. The van der Waals surface area contributed by atoms with Crippen molar-refractivity contribution in [1.82, 2.24) is 10.2 Å². The van der Waals surface area contributed by atoms with Crippen LogP contribution in [-0.4, -0.2) is 51.1 Å². The number of carboxylic acids is 1. The third-order valence-electron chi connectivity index (χ3n) is 3.16. The number of urea groups is 1. The maximum Gasteiger partial charge on any atom is 0.317 e. The highest BCUT2D eigenvalue weighted by Gasteiger charge is 2.29. The molecule has 1 aliphatic heterocycles. The summed E-state index contributed by atoms with van der Waals surface area (Å²) in [6, 6.07) is -0.162. The van der Waals surface area contributed by atoms with Gasteiger partial charge in [0.2, 0.25) is 0 Å². The van der Waals surface area contributed by atoms with Gasteiger partial charge in [-0.2, -0.15) is 11.8 Å². The zero-order chi connectivity index (χ0) is 14.7. The lowest BCUT2D eigenvalue weighted by molar-refractivity contribution is -0.138. The summed E-state index contributed by atoms with van der Waals surface area (Å²) < 4.78 is 0.200. The first-order valence-electron chi connectivity index (χ1n) is 6.54. The van der Waals surface area contributed by atoms with E-state index >= 15 is 0 Å². The Labute approximate surface area is 119 Å². The average Bonchev–Trinajstić information content (AvgIpc) is 2.36. The lowest BCUT2D eigenvalue weighted by atomic mass is 10.0. The van der Waals surface area contributed by atoms with Gasteiger partial charge in [0, 0.05) is 29.1 Å². The number of carboxylic acid groups (broad SMARTS) is 1. The Morgan fingerprint density at radius 3 is 2.58 bits per heavy atom. The lowest BCUT2D eigenvalue weighted by Gasteiger charge is -2.29. The number of nitrogens with one attached hydrogen (secondary N) is 1. The van der Waals surface area contributed by atoms with E-state index in [2.05, 4.69) is 19.2 Å². The van der Waals surface area contributed by atoms with Gasteiger partial charge in [0.1, 0.15) is 0 Å². The minimum atomic E-state index is -0.905. The molecule has 2 amide bonds. The molecular weight excluding hydrogens is 264 g/mol. The third-order valence-corrected chi connectivity index (χ3v) is 4.54. The molecule has 0 aliphatic carbocycles. The fourth-order valence-electron chi connectivity index (χ4n) is 2.01. The highest BCUT2D eigenvalue weighted by molar-refractivity contribution is 8.00. The quantitative estimate of drug-likeness (QED) is 0.835. The number of amides is 2. The predicted molar refractivity (Wildman–Crippen MR) is 77.6 cm³/mol. The summed E-state index contributed by atoms with van der Waals surface area (Å²) in [7, 11) is 0. The van der Waals surface area contributed by atoms with Gasteiger partial charge in [0.25, 0.3) is 0 Å². The number of thioether (sulfide) groups is 1. The second-order valence-corrected chi connectivity index (χ2v) is 8.03. The van der Waals surface area contributed by atoms with E-state index in [9.17, 15) is 9.59 Å². The average molecular weight is 288 g/mol. The van der Waals surface area contributed by atoms with Crippen LogP contribution in [0, 0.1) is 0 Å². The highest BCUT2D eigenvalue weighted by Crippen LogP contribution is 2.30. The van der Waals surface area contributed by atoms with Gasteiger partial charge >= 0.3 is 12.0 Å². The summed E-state index contributed by atoms with van der Waals surface area (Å²) in [4.78, 5) is 24.7. The number of aliphatic carboxylic acids is 1. The first kappa shape index (κ1) is 16.1. The molecular formula is C13H24N2O3S. The van der Waals surface area contributed by atoms with Crippen LogP contribution in [0.25, 0.3) is 0 Å². The maximum absolute atomic E-state index is 12.2. The predicted octanol–water partition coefficient (Wildman–Crippen LogP) is 2.17. The Kier molecular flexibility index (Phi) is 5.12. The monoisotopic (exact) mass is 288 g/mol. The number of rotatable bonds is 3. The Morgan fingerprint density at radius 1 is 1.37 bits per heavy atom. The lowest BCUT2D eigenvalue weighted by Crippen LogP contribution is -2.51. The van der Waals surface area contributed by atoms with Crippen molar-refractivity contribution in [2.45, 2.75) is 50.8 Å². The summed E-state index contributed by atoms with van der Waals surface area (Å²) in [6.07, 6.45) is 0.872. The minimum absolute atomic E-state index is 0.0766. The largest absolute Gasteiger partial charge is 0.481 e. The first-order chi connectivity index (χ1) is 8.61. The topological polar surface area (TPSA) is 69.6 Å². The van der Waals surface area contributed by atoms with Crippen molar-refractivity contribution in [3.8, 4) is 0 Å². The molecule has 2 N–H and O–H groups in total. The number of nitrogens with zero attached hydrogens (tertiary/aromatic N) is 1. The van der Waals surface area contributed by atoms with Crippen LogP contribution < -0.4 is 5.32 Å². The van der Waals surface area contributed by atoms with Crippen LogP contribution in [-0.2, 0) is 4.79 Å². The van der Waals surface area contributed by atoms with E-state index in [1.165, 1.54) is 0 Å². The van der Waals surface area contributed by atoms with Crippen LogP contribution in [0.2, 0.25) is 0 Å². The number of hydrogen-bond acceptors (Lipinski definition) is 3. The molecule has 110 valence electrons. The second-order valence-electron chi connectivity index (χ2n) is 6.23. The molecule has 0 saturated carbocycles.